The van der Waals surface area contributed by atoms with Crippen molar-refractivity contribution in [2.75, 3.05) is 13.2 Å². The average molecular weight is 201 g/mol. The molecule has 0 aliphatic carbocycles. The topological polar surface area (TPSA) is 50.7 Å². The van der Waals surface area contributed by atoms with E-state index in [1.807, 2.05) is 0 Å². The zero-order valence-electron chi connectivity index (χ0n) is 8.77. The fourth-order valence-corrected chi connectivity index (χ4v) is 2.15. The molecule has 2 rings (SSSR count). The molecule has 2 fully saturated rings. The van der Waals surface area contributed by atoms with Gasteiger partial charge in [-0.25, -0.2) is 0 Å². The molecule has 82 valence electrons. The van der Waals surface area contributed by atoms with Crippen molar-refractivity contribution in [3.63, 3.8) is 0 Å². The SMILES string of the molecule is CC(C)C[C@@H]1NC[C@@H]2O[C@H]1O[C@@H]2CO. The number of aliphatic hydroxyl groups is 1. The molecule has 0 aromatic heterocycles. The minimum Gasteiger partial charge on any atom is -0.394 e. The van der Waals surface area contributed by atoms with Gasteiger partial charge in [0.2, 0.25) is 0 Å². The number of hydrogen-bond acceptors (Lipinski definition) is 4. The summed E-state index contributed by atoms with van der Waals surface area (Å²) in [4.78, 5) is 0. The zero-order chi connectivity index (χ0) is 10.1. The lowest BCUT2D eigenvalue weighted by molar-refractivity contribution is -0.110. The lowest BCUT2D eigenvalue weighted by atomic mass is 10.0. The van der Waals surface area contributed by atoms with Gasteiger partial charge in [-0.05, 0) is 12.3 Å². The number of morpholine rings is 1. The summed E-state index contributed by atoms with van der Waals surface area (Å²) in [7, 11) is 0. The average Bonchev–Trinajstić information content (AvgIpc) is 2.48. The Bertz CT molecular complexity index is 198. The van der Waals surface area contributed by atoms with Gasteiger partial charge in [0.05, 0.1) is 12.6 Å². The molecule has 2 N–H and O–H groups in total. The largest absolute Gasteiger partial charge is 0.394 e. The van der Waals surface area contributed by atoms with E-state index in [4.69, 9.17) is 14.6 Å². The Morgan fingerprint density at radius 1 is 1.43 bits per heavy atom. The molecule has 2 bridgehead atoms. The Morgan fingerprint density at radius 3 is 2.86 bits per heavy atom. The number of hydrogen-bond donors (Lipinski definition) is 2. The molecule has 0 unspecified atom stereocenters. The normalized spacial score (nSPS) is 42.0. The molecule has 14 heavy (non-hydrogen) atoms. The maximum Gasteiger partial charge on any atom is 0.173 e. The maximum absolute atomic E-state index is 9.05. The second-order valence-electron chi connectivity index (χ2n) is 4.54. The first-order valence-electron chi connectivity index (χ1n) is 5.36. The molecule has 0 aromatic rings. The van der Waals surface area contributed by atoms with Crippen molar-refractivity contribution in [3.8, 4) is 0 Å². The Morgan fingerprint density at radius 2 is 2.21 bits per heavy atom. The number of aliphatic hydroxyl groups excluding tert-OH is 1. The number of nitrogens with one attached hydrogen (secondary N) is 1. The number of ether oxygens (including phenoxy) is 2. The van der Waals surface area contributed by atoms with Gasteiger partial charge in [0, 0.05) is 6.54 Å². The van der Waals surface area contributed by atoms with E-state index in [0.29, 0.717) is 5.92 Å². The minimum absolute atomic E-state index is 0.0356. The third-order valence-electron chi connectivity index (χ3n) is 2.85. The first kappa shape index (κ1) is 10.4. The summed E-state index contributed by atoms with van der Waals surface area (Å²) in [5.41, 5.74) is 0. The van der Waals surface area contributed by atoms with Crippen LogP contribution in [0.15, 0.2) is 0 Å². The highest BCUT2D eigenvalue weighted by atomic mass is 16.7. The van der Waals surface area contributed by atoms with E-state index < -0.39 is 0 Å². The van der Waals surface area contributed by atoms with Gasteiger partial charge in [-0.3, -0.25) is 0 Å². The Balaban J connectivity index is 1.93. The molecule has 4 heteroatoms. The molecule has 2 saturated heterocycles. The quantitative estimate of drug-likeness (QED) is 0.680. The van der Waals surface area contributed by atoms with E-state index in [-0.39, 0.29) is 31.1 Å². The van der Waals surface area contributed by atoms with Crippen LogP contribution in [0.1, 0.15) is 20.3 Å². The molecular weight excluding hydrogens is 182 g/mol. The summed E-state index contributed by atoms with van der Waals surface area (Å²) in [6.45, 7) is 5.22. The lowest BCUT2D eigenvalue weighted by Crippen LogP contribution is -2.49. The lowest BCUT2D eigenvalue weighted by Gasteiger charge is -2.29. The van der Waals surface area contributed by atoms with E-state index in [9.17, 15) is 0 Å². The fraction of sp³-hybridized carbons (Fsp3) is 1.00. The van der Waals surface area contributed by atoms with Crippen molar-refractivity contribution < 1.29 is 14.6 Å². The molecule has 0 saturated carbocycles. The van der Waals surface area contributed by atoms with Crippen molar-refractivity contribution in [2.24, 2.45) is 5.92 Å². The number of fused-ring (bicyclic) bond motifs is 2. The Kier molecular flexibility index (Phi) is 3.07. The van der Waals surface area contributed by atoms with Crippen molar-refractivity contribution in [1.29, 1.82) is 0 Å². The molecule has 0 spiro atoms. The second kappa shape index (κ2) is 4.14. The van der Waals surface area contributed by atoms with E-state index in [1.54, 1.807) is 0 Å². The fourth-order valence-electron chi connectivity index (χ4n) is 2.15. The van der Waals surface area contributed by atoms with Crippen LogP contribution < -0.4 is 5.32 Å². The van der Waals surface area contributed by atoms with Crippen LogP contribution in [0.25, 0.3) is 0 Å². The maximum atomic E-state index is 9.05. The predicted molar refractivity (Wildman–Crippen MR) is 51.9 cm³/mol. The van der Waals surface area contributed by atoms with E-state index in [1.165, 1.54) is 0 Å². The monoisotopic (exact) mass is 201 g/mol. The molecule has 2 aliphatic rings. The summed E-state index contributed by atoms with van der Waals surface area (Å²) in [5.74, 6) is 0.629. The Labute approximate surface area is 84.6 Å². The van der Waals surface area contributed by atoms with Crippen LogP contribution in [0.5, 0.6) is 0 Å². The molecule has 0 aromatic carbocycles. The summed E-state index contributed by atoms with van der Waals surface area (Å²) in [6.07, 6.45) is 0.793. The van der Waals surface area contributed by atoms with Crippen molar-refractivity contribution in [3.05, 3.63) is 0 Å². The molecular formula is C10H19NO3. The van der Waals surface area contributed by atoms with Gasteiger partial charge in [-0.1, -0.05) is 13.8 Å². The van der Waals surface area contributed by atoms with Crippen LogP contribution in [0.2, 0.25) is 0 Å². The third kappa shape index (κ3) is 1.93. The third-order valence-corrected chi connectivity index (χ3v) is 2.85. The van der Waals surface area contributed by atoms with Gasteiger partial charge in [-0.2, -0.15) is 0 Å². The van der Waals surface area contributed by atoms with Gasteiger partial charge >= 0.3 is 0 Å². The highest BCUT2D eigenvalue weighted by Crippen LogP contribution is 2.27. The van der Waals surface area contributed by atoms with Gasteiger partial charge in [0.25, 0.3) is 0 Å². The zero-order valence-corrected chi connectivity index (χ0v) is 8.77. The van der Waals surface area contributed by atoms with Gasteiger partial charge < -0.3 is 19.9 Å². The highest BCUT2D eigenvalue weighted by molar-refractivity contribution is 4.90. The summed E-state index contributed by atoms with van der Waals surface area (Å²) >= 11 is 0. The molecule has 4 nitrogen and oxygen atoms in total. The molecule has 0 radical (unpaired) electrons. The summed E-state index contributed by atoms with van der Waals surface area (Å²) in [5, 5.41) is 12.5. The van der Waals surface area contributed by atoms with E-state index in [0.717, 1.165) is 13.0 Å². The molecule has 2 aliphatic heterocycles. The molecule has 2 heterocycles. The van der Waals surface area contributed by atoms with Crippen molar-refractivity contribution >= 4 is 0 Å². The molecule has 0 amide bonds. The van der Waals surface area contributed by atoms with Crippen LogP contribution in [0.4, 0.5) is 0 Å². The van der Waals surface area contributed by atoms with Crippen molar-refractivity contribution in [2.45, 2.75) is 44.8 Å². The van der Waals surface area contributed by atoms with Crippen LogP contribution >= 0.6 is 0 Å². The Hall–Kier alpha value is -0.160. The van der Waals surface area contributed by atoms with Crippen LogP contribution in [0.3, 0.4) is 0 Å². The van der Waals surface area contributed by atoms with E-state index >= 15 is 0 Å². The second-order valence-corrected chi connectivity index (χ2v) is 4.54. The minimum atomic E-state index is -0.159. The van der Waals surface area contributed by atoms with Crippen LogP contribution in [-0.4, -0.2) is 42.8 Å². The van der Waals surface area contributed by atoms with Crippen LogP contribution in [0, 0.1) is 5.92 Å². The van der Waals surface area contributed by atoms with Crippen LogP contribution in [-0.2, 0) is 9.47 Å². The standard InChI is InChI=1S/C10H19NO3/c1-6(2)3-7-10-13-8(4-11-7)9(5-12)14-10/h6-12H,3-5H2,1-2H3/t7-,8-,9+,10-/m0/s1. The highest BCUT2D eigenvalue weighted by Gasteiger charge is 2.43. The van der Waals surface area contributed by atoms with Gasteiger partial charge in [0.1, 0.15) is 12.2 Å². The first-order valence-corrected chi connectivity index (χ1v) is 5.36. The van der Waals surface area contributed by atoms with Gasteiger partial charge in [0.15, 0.2) is 6.29 Å². The summed E-state index contributed by atoms with van der Waals surface area (Å²) in [6, 6.07) is 0.280. The van der Waals surface area contributed by atoms with E-state index in [2.05, 4.69) is 19.2 Å². The van der Waals surface area contributed by atoms with Crippen molar-refractivity contribution in [1.82, 2.24) is 5.32 Å². The molecule has 4 atom stereocenters. The predicted octanol–water partition coefficient (Wildman–Crippen LogP) is 0.107. The summed E-state index contributed by atoms with van der Waals surface area (Å²) < 4.78 is 11.3. The smallest absolute Gasteiger partial charge is 0.173 e. The number of rotatable bonds is 3. The van der Waals surface area contributed by atoms with Gasteiger partial charge in [-0.15, -0.1) is 0 Å². The first-order chi connectivity index (χ1) is 6.70.